The van der Waals surface area contributed by atoms with Crippen molar-refractivity contribution in [3.8, 4) is 11.6 Å². The highest BCUT2D eigenvalue weighted by Crippen LogP contribution is 2.32. The maximum atomic E-state index is 6.26. The van der Waals surface area contributed by atoms with Crippen molar-refractivity contribution in [2.45, 2.75) is 20.4 Å². The summed E-state index contributed by atoms with van der Waals surface area (Å²) in [4.78, 5) is 4.75. The van der Waals surface area contributed by atoms with Crippen LogP contribution < -0.4 is 0 Å². The lowest BCUT2D eigenvalue weighted by atomic mass is 10.1. The molecule has 0 spiro atoms. The SMILES string of the molecule is Cc1ccc(-c2nc3cc(Cl)c(Cl)cc3n2Cc2ccccc2C)o1. The molecule has 2 aromatic carbocycles. The fraction of sp³-hybridized carbons (Fsp3) is 0.150. The first kappa shape index (κ1) is 16.2. The molecule has 2 aromatic heterocycles. The zero-order valence-corrected chi connectivity index (χ0v) is 15.4. The fourth-order valence-electron chi connectivity index (χ4n) is 2.98. The summed E-state index contributed by atoms with van der Waals surface area (Å²) in [5.74, 6) is 2.35. The van der Waals surface area contributed by atoms with Crippen LogP contribution in [0.2, 0.25) is 10.0 Å². The molecule has 3 nitrogen and oxygen atoms in total. The number of fused-ring (bicyclic) bond motifs is 1. The van der Waals surface area contributed by atoms with Gasteiger partial charge in [0.15, 0.2) is 11.6 Å². The molecule has 25 heavy (non-hydrogen) atoms. The summed E-state index contributed by atoms with van der Waals surface area (Å²) in [6.07, 6.45) is 0. The molecule has 2 heterocycles. The smallest absolute Gasteiger partial charge is 0.177 e. The Labute approximate surface area is 155 Å². The molecule has 126 valence electrons. The number of nitrogens with zero attached hydrogens (tertiary/aromatic N) is 2. The van der Waals surface area contributed by atoms with Gasteiger partial charge in [-0.3, -0.25) is 0 Å². The lowest BCUT2D eigenvalue weighted by Gasteiger charge is -2.11. The third-order valence-corrected chi connectivity index (χ3v) is 5.06. The maximum absolute atomic E-state index is 6.26. The molecule has 0 unspecified atom stereocenters. The molecule has 5 heteroatoms. The van der Waals surface area contributed by atoms with Gasteiger partial charge in [-0.25, -0.2) is 4.98 Å². The van der Waals surface area contributed by atoms with Gasteiger partial charge in [-0.1, -0.05) is 47.5 Å². The van der Waals surface area contributed by atoms with E-state index in [9.17, 15) is 0 Å². The first-order chi connectivity index (χ1) is 12.0. The van der Waals surface area contributed by atoms with Crippen LogP contribution in [0.15, 0.2) is 52.9 Å². The Morgan fingerprint density at radius 1 is 1.00 bits per heavy atom. The van der Waals surface area contributed by atoms with Crippen molar-refractivity contribution >= 4 is 34.2 Å². The second kappa shape index (κ2) is 6.25. The number of aryl methyl sites for hydroxylation is 2. The molecule has 0 saturated carbocycles. The number of hydrogen-bond donors (Lipinski definition) is 0. The number of furan rings is 1. The quantitative estimate of drug-likeness (QED) is 0.425. The minimum absolute atomic E-state index is 0.497. The van der Waals surface area contributed by atoms with Crippen LogP contribution in [-0.4, -0.2) is 9.55 Å². The first-order valence-electron chi connectivity index (χ1n) is 7.99. The molecule has 0 fully saturated rings. The van der Waals surface area contributed by atoms with Gasteiger partial charge in [-0.15, -0.1) is 0 Å². The Morgan fingerprint density at radius 3 is 2.48 bits per heavy atom. The Balaban J connectivity index is 1.95. The monoisotopic (exact) mass is 370 g/mol. The molecule has 0 bridgehead atoms. The van der Waals surface area contributed by atoms with E-state index in [-0.39, 0.29) is 0 Å². The van der Waals surface area contributed by atoms with Crippen LogP contribution in [0, 0.1) is 13.8 Å². The van der Waals surface area contributed by atoms with E-state index in [1.807, 2.05) is 37.3 Å². The number of rotatable bonds is 3. The van der Waals surface area contributed by atoms with Crippen molar-refractivity contribution in [1.29, 1.82) is 0 Å². The topological polar surface area (TPSA) is 31.0 Å². The van der Waals surface area contributed by atoms with Crippen molar-refractivity contribution < 1.29 is 4.42 Å². The van der Waals surface area contributed by atoms with Crippen LogP contribution in [0.4, 0.5) is 0 Å². The number of halogens is 2. The third kappa shape index (κ3) is 2.94. The molecule has 4 aromatic rings. The van der Waals surface area contributed by atoms with E-state index in [2.05, 4.69) is 23.6 Å². The van der Waals surface area contributed by atoms with Gasteiger partial charge in [-0.05, 0) is 49.2 Å². The summed E-state index contributed by atoms with van der Waals surface area (Å²) >= 11 is 12.4. The maximum Gasteiger partial charge on any atom is 0.177 e. The second-order valence-electron chi connectivity index (χ2n) is 6.11. The molecule has 0 aliphatic rings. The highest BCUT2D eigenvalue weighted by molar-refractivity contribution is 6.42. The standard InChI is InChI=1S/C20H16Cl2N2O/c1-12-5-3-4-6-14(12)11-24-18-10-16(22)15(21)9-17(18)23-20(24)19-8-7-13(2)25-19/h3-10H,11H2,1-2H3. The summed E-state index contributed by atoms with van der Waals surface area (Å²) in [6, 6.07) is 15.8. The number of aromatic nitrogens is 2. The van der Waals surface area contributed by atoms with Gasteiger partial charge < -0.3 is 8.98 Å². The summed E-state index contributed by atoms with van der Waals surface area (Å²) in [5, 5.41) is 1.01. The Hall–Kier alpha value is -2.23. The van der Waals surface area contributed by atoms with Crippen molar-refractivity contribution in [1.82, 2.24) is 9.55 Å². The molecule has 0 atom stereocenters. The molecular formula is C20H16Cl2N2O. The van der Waals surface area contributed by atoms with Crippen LogP contribution in [0.1, 0.15) is 16.9 Å². The van der Waals surface area contributed by atoms with Crippen molar-refractivity contribution in [2.24, 2.45) is 0 Å². The summed E-state index contributed by atoms with van der Waals surface area (Å²) < 4.78 is 7.94. The van der Waals surface area contributed by atoms with E-state index >= 15 is 0 Å². The van der Waals surface area contributed by atoms with Crippen molar-refractivity contribution in [3.63, 3.8) is 0 Å². The second-order valence-corrected chi connectivity index (χ2v) is 6.93. The molecule has 0 aliphatic heterocycles. The summed E-state index contributed by atoms with van der Waals surface area (Å²) in [6.45, 7) is 4.71. The number of imidazole rings is 1. The zero-order chi connectivity index (χ0) is 17.6. The molecule has 0 amide bonds. The van der Waals surface area contributed by atoms with Gasteiger partial charge in [0.1, 0.15) is 5.76 Å². The molecule has 0 N–H and O–H groups in total. The number of benzene rings is 2. The number of hydrogen-bond acceptors (Lipinski definition) is 2. The van der Waals surface area contributed by atoms with Gasteiger partial charge in [0.05, 0.1) is 27.6 Å². The molecular weight excluding hydrogens is 355 g/mol. The van der Waals surface area contributed by atoms with E-state index in [1.165, 1.54) is 11.1 Å². The fourth-order valence-corrected chi connectivity index (χ4v) is 3.30. The Kier molecular flexibility index (Phi) is 4.06. The first-order valence-corrected chi connectivity index (χ1v) is 8.75. The van der Waals surface area contributed by atoms with Gasteiger partial charge in [0, 0.05) is 0 Å². The lowest BCUT2D eigenvalue weighted by Crippen LogP contribution is -2.03. The molecule has 0 saturated heterocycles. The molecule has 4 rings (SSSR count). The minimum atomic E-state index is 0.497. The van der Waals surface area contributed by atoms with E-state index in [0.29, 0.717) is 16.6 Å². The highest BCUT2D eigenvalue weighted by Gasteiger charge is 2.17. The van der Waals surface area contributed by atoms with Gasteiger partial charge >= 0.3 is 0 Å². The Morgan fingerprint density at radius 2 is 1.76 bits per heavy atom. The van der Waals surface area contributed by atoms with Crippen LogP contribution in [0.5, 0.6) is 0 Å². The summed E-state index contributed by atoms with van der Waals surface area (Å²) in [7, 11) is 0. The predicted molar refractivity (Wildman–Crippen MR) is 102 cm³/mol. The van der Waals surface area contributed by atoms with E-state index < -0.39 is 0 Å². The predicted octanol–water partition coefficient (Wildman–Crippen LogP) is 6.27. The molecule has 0 aliphatic carbocycles. The van der Waals surface area contributed by atoms with E-state index in [1.54, 1.807) is 6.07 Å². The largest absolute Gasteiger partial charge is 0.458 e. The normalized spacial score (nSPS) is 11.4. The summed E-state index contributed by atoms with van der Waals surface area (Å²) in [5.41, 5.74) is 4.18. The zero-order valence-electron chi connectivity index (χ0n) is 13.9. The van der Waals surface area contributed by atoms with Crippen LogP contribution in [0.25, 0.3) is 22.6 Å². The average molecular weight is 371 g/mol. The van der Waals surface area contributed by atoms with Crippen molar-refractivity contribution in [2.75, 3.05) is 0 Å². The van der Waals surface area contributed by atoms with Gasteiger partial charge in [-0.2, -0.15) is 0 Å². The molecule has 0 radical (unpaired) electrons. The van der Waals surface area contributed by atoms with Gasteiger partial charge in [0.25, 0.3) is 0 Å². The van der Waals surface area contributed by atoms with E-state index in [0.717, 1.165) is 28.4 Å². The lowest BCUT2D eigenvalue weighted by molar-refractivity contribution is 0.540. The third-order valence-electron chi connectivity index (χ3n) is 4.34. The Bertz CT molecular complexity index is 1080. The minimum Gasteiger partial charge on any atom is -0.458 e. The highest BCUT2D eigenvalue weighted by atomic mass is 35.5. The average Bonchev–Trinajstić information content (AvgIpc) is 3.15. The van der Waals surface area contributed by atoms with Crippen LogP contribution in [-0.2, 0) is 6.54 Å². The van der Waals surface area contributed by atoms with E-state index in [4.69, 9.17) is 32.6 Å². The van der Waals surface area contributed by atoms with Crippen LogP contribution >= 0.6 is 23.2 Å². The van der Waals surface area contributed by atoms with Crippen molar-refractivity contribution in [3.05, 3.63) is 75.5 Å². The van der Waals surface area contributed by atoms with Crippen LogP contribution in [0.3, 0.4) is 0 Å². The van der Waals surface area contributed by atoms with Gasteiger partial charge in [0.2, 0.25) is 0 Å².